The number of carbonyl (C=O) groups is 3. The molecule has 1 aromatic rings. The van der Waals surface area contributed by atoms with Crippen LogP contribution in [0.15, 0.2) is 55.6 Å². The molecule has 3 saturated heterocycles. The summed E-state index contributed by atoms with van der Waals surface area (Å²) in [5.74, 6) is -2.14. The molecule has 2 unspecified atom stereocenters. The van der Waals surface area contributed by atoms with Gasteiger partial charge in [-0.2, -0.15) is 0 Å². The number of fused-ring (bicyclic) bond motifs is 1. The molecule has 236 valence electrons. The molecule has 7 nitrogen and oxygen atoms in total. The molecule has 43 heavy (non-hydrogen) atoms. The van der Waals surface area contributed by atoms with Gasteiger partial charge in [0.1, 0.15) is 6.04 Å². The number of thioether (sulfide) groups is 1. The van der Waals surface area contributed by atoms with Crippen LogP contribution in [0.3, 0.4) is 0 Å². The Balaban J connectivity index is 1.83. The summed E-state index contributed by atoms with van der Waals surface area (Å²) in [7, 11) is 0. The Hall–Kier alpha value is -2.58. The molecule has 0 aliphatic carbocycles. The Morgan fingerprint density at radius 2 is 1.84 bits per heavy atom. The highest BCUT2D eigenvalue weighted by Gasteiger charge is 2.78. The monoisotopic (exact) mass is 610 g/mol. The van der Waals surface area contributed by atoms with Gasteiger partial charge in [0.25, 0.3) is 0 Å². The summed E-state index contributed by atoms with van der Waals surface area (Å²) in [6.07, 6.45) is 6.46. The maximum atomic E-state index is 15.1. The van der Waals surface area contributed by atoms with Crippen molar-refractivity contribution in [3.05, 3.63) is 61.2 Å². The summed E-state index contributed by atoms with van der Waals surface area (Å²) in [6.45, 7) is 20.6. The molecule has 2 amide bonds. The fraction of sp³-hybridized carbons (Fsp3) is 0.629. The summed E-state index contributed by atoms with van der Waals surface area (Å²) in [4.78, 5) is 47.0. The highest BCUT2D eigenvalue weighted by Crippen LogP contribution is 2.72. The van der Waals surface area contributed by atoms with Gasteiger partial charge in [0.15, 0.2) is 0 Å². The molecule has 2 bridgehead atoms. The molecule has 3 heterocycles. The first-order valence-electron chi connectivity index (χ1n) is 15.5. The van der Waals surface area contributed by atoms with Crippen LogP contribution >= 0.6 is 11.8 Å². The number of likely N-dealkylation sites (tertiary alicyclic amines) is 1. The van der Waals surface area contributed by atoms with Crippen LogP contribution < -0.4 is 0 Å². The zero-order valence-electron chi connectivity index (χ0n) is 26.8. The first-order valence-corrected chi connectivity index (χ1v) is 16.3. The number of rotatable bonds is 13. The van der Waals surface area contributed by atoms with Crippen molar-refractivity contribution in [2.45, 2.75) is 101 Å². The molecule has 1 spiro atoms. The number of carbonyl (C=O) groups excluding carboxylic acids is 3. The molecule has 0 radical (unpaired) electrons. The van der Waals surface area contributed by atoms with Crippen LogP contribution in [0.2, 0.25) is 0 Å². The van der Waals surface area contributed by atoms with Crippen LogP contribution in [0.4, 0.5) is 0 Å². The second-order valence-corrected chi connectivity index (χ2v) is 16.4. The van der Waals surface area contributed by atoms with Gasteiger partial charge < -0.3 is 19.6 Å². The number of hydrogen-bond acceptors (Lipinski definition) is 6. The standard InChI is InChI=1S/C35H50N2O5S/c1-9-11-20-42-31(41)27-26-29(39)37(25(22-38)21-24-15-13-12-14-16-24)28(35(26)18-17-34(27,8)43-35)30(40)36(19-10-2)33(6,7)23-32(3,4)5/h9-10,12-16,25-28,38H,1-2,11,17-23H2,3-8H3/t25-,26+,27-,28?,34+,35?/m1/s1. The van der Waals surface area contributed by atoms with Crippen molar-refractivity contribution in [2.75, 3.05) is 19.8 Å². The van der Waals surface area contributed by atoms with E-state index < -0.39 is 39.0 Å². The van der Waals surface area contributed by atoms with Crippen molar-refractivity contribution in [1.82, 2.24) is 9.80 Å². The van der Waals surface area contributed by atoms with E-state index in [0.717, 1.165) is 12.0 Å². The van der Waals surface area contributed by atoms with E-state index in [1.807, 2.05) is 42.2 Å². The third-order valence-corrected chi connectivity index (χ3v) is 11.4. The minimum Gasteiger partial charge on any atom is -0.465 e. The van der Waals surface area contributed by atoms with Crippen LogP contribution in [-0.2, 0) is 25.5 Å². The van der Waals surface area contributed by atoms with Gasteiger partial charge in [-0.15, -0.1) is 24.9 Å². The molecular formula is C35H50N2O5S. The highest BCUT2D eigenvalue weighted by molar-refractivity contribution is 8.02. The van der Waals surface area contributed by atoms with Gasteiger partial charge in [-0.25, -0.2) is 0 Å². The normalized spacial score (nSPS) is 28.9. The summed E-state index contributed by atoms with van der Waals surface area (Å²) in [5, 5.41) is 10.8. The van der Waals surface area contributed by atoms with E-state index in [9.17, 15) is 14.7 Å². The molecular weight excluding hydrogens is 560 g/mol. The van der Waals surface area contributed by atoms with Crippen molar-refractivity contribution in [1.29, 1.82) is 0 Å². The van der Waals surface area contributed by atoms with Crippen LogP contribution in [0.1, 0.15) is 72.8 Å². The molecule has 8 heteroatoms. The van der Waals surface area contributed by atoms with Gasteiger partial charge in [0.2, 0.25) is 11.8 Å². The molecule has 3 aliphatic rings. The zero-order chi connectivity index (χ0) is 31.8. The molecule has 1 N–H and O–H groups in total. The van der Waals surface area contributed by atoms with Gasteiger partial charge in [-0.05, 0) is 63.9 Å². The van der Waals surface area contributed by atoms with Crippen LogP contribution in [0.5, 0.6) is 0 Å². The number of ether oxygens (including phenoxy) is 1. The zero-order valence-corrected chi connectivity index (χ0v) is 27.6. The SMILES string of the molecule is C=CCCOC(=O)[C@H]1[C@H]2C(=O)N([C@@H](CO)Cc3ccccc3)C(C(=O)N(CC=C)C(C)(C)CC(C)(C)C)C23CC[C@]1(C)S3. The van der Waals surface area contributed by atoms with Gasteiger partial charge in [0, 0.05) is 16.8 Å². The number of esters is 1. The second kappa shape index (κ2) is 12.4. The summed E-state index contributed by atoms with van der Waals surface area (Å²) >= 11 is 1.63. The van der Waals surface area contributed by atoms with Crippen molar-refractivity contribution >= 4 is 29.5 Å². The van der Waals surface area contributed by atoms with E-state index in [1.165, 1.54) is 0 Å². The topological polar surface area (TPSA) is 87.1 Å². The average Bonchev–Trinajstić information content (AvgIpc) is 3.50. The smallest absolute Gasteiger partial charge is 0.311 e. The van der Waals surface area contributed by atoms with Crippen LogP contribution in [-0.4, -0.2) is 79.6 Å². The Morgan fingerprint density at radius 1 is 1.16 bits per heavy atom. The Bertz CT molecular complexity index is 1230. The molecule has 0 aromatic heterocycles. The van der Waals surface area contributed by atoms with Gasteiger partial charge in [-0.1, -0.05) is 63.3 Å². The fourth-order valence-corrected chi connectivity index (χ4v) is 10.5. The lowest BCUT2D eigenvalue weighted by Crippen LogP contribution is -2.61. The number of nitrogens with zero attached hydrogens (tertiary/aromatic N) is 2. The number of amides is 2. The fourth-order valence-electron chi connectivity index (χ4n) is 8.17. The third-order valence-electron chi connectivity index (χ3n) is 9.46. The predicted octanol–water partition coefficient (Wildman–Crippen LogP) is 5.42. The van der Waals surface area contributed by atoms with E-state index in [0.29, 0.717) is 32.2 Å². The first-order chi connectivity index (χ1) is 20.2. The third kappa shape index (κ3) is 6.19. The molecule has 1 aromatic carbocycles. The van der Waals surface area contributed by atoms with Crippen molar-refractivity contribution in [3.63, 3.8) is 0 Å². The second-order valence-electron chi connectivity index (χ2n) is 14.5. The number of aliphatic hydroxyl groups excluding tert-OH is 1. The maximum absolute atomic E-state index is 15.1. The number of hydrogen-bond donors (Lipinski definition) is 1. The van der Waals surface area contributed by atoms with Gasteiger partial charge in [0.05, 0.1) is 35.8 Å². The quantitative estimate of drug-likeness (QED) is 0.182. The molecule has 0 saturated carbocycles. The van der Waals surface area contributed by atoms with E-state index in [4.69, 9.17) is 4.74 Å². The van der Waals surface area contributed by atoms with Crippen molar-refractivity contribution in [3.8, 4) is 0 Å². The summed E-state index contributed by atoms with van der Waals surface area (Å²) in [5.41, 5.74) is 0.384. The van der Waals surface area contributed by atoms with Crippen molar-refractivity contribution in [2.24, 2.45) is 17.3 Å². The maximum Gasteiger partial charge on any atom is 0.311 e. The van der Waals surface area contributed by atoms with Crippen LogP contribution in [0.25, 0.3) is 0 Å². The van der Waals surface area contributed by atoms with E-state index in [2.05, 4.69) is 47.8 Å². The molecule has 6 atom stereocenters. The minimum absolute atomic E-state index is 0.0511. The molecule has 3 fully saturated rings. The summed E-state index contributed by atoms with van der Waals surface area (Å²) < 4.78 is 4.38. The first kappa shape index (κ1) is 33.3. The number of aliphatic hydroxyl groups is 1. The Labute approximate surface area is 262 Å². The van der Waals surface area contributed by atoms with E-state index in [1.54, 1.807) is 28.8 Å². The lowest BCUT2D eigenvalue weighted by Gasteiger charge is -2.46. The molecule has 4 rings (SSSR count). The van der Waals surface area contributed by atoms with Crippen LogP contribution in [0, 0.1) is 17.3 Å². The summed E-state index contributed by atoms with van der Waals surface area (Å²) in [6, 6.07) is 8.28. The van der Waals surface area contributed by atoms with E-state index in [-0.39, 0.29) is 36.4 Å². The van der Waals surface area contributed by atoms with Crippen molar-refractivity contribution < 1.29 is 24.2 Å². The predicted molar refractivity (Wildman–Crippen MR) is 172 cm³/mol. The number of benzene rings is 1. The van der Waals surface area contributed by atoms with E-state index >= 15 is 4.79 Å². The lowest BCUT2D eigenvalue weighted by molar-refractivity contribution is -0.156. The lowest BCUT2D eigenvalue weighted by atomic mass is 9.66. The minimum atomic E-state index is -0.831. The largest absolute Gasteiger partial charge is 0.465 e. The Morgan fingerprint density at radius 3 is 2.42 bits per heavy atom. The van der Waals surface area contributed by atoms with Gasteiger partial charge >= 0.3 is 5.97 Å². The van der Waals surface area contributed by atoms with Gasteiger partial charge in [-0.3, -0.25) is 14.4 Å². The average molecular weight is 611 g/mol. The Kier molecular flexibility index (Phi) is 9.63. The highest BCUT2D eigenvalue weighted by atomic mass is 32.2. The molecule has 3 aliphatic heterocycles.